The van der Waals surface area contributed by atoms with E-state index >= 15 is 0 Å². The first-order valence-corrected chi connectivity index (χ1v) is 14.9. The Balaban J connectivity index is 1.81. The van der Waals surface area contributed by atoms with Crippen molar-refractivity contribution in [2.24, 2.45) is 22.2 Å². The maximum Gasteiger partial charge on any atom is 0.185 e. The predicted octanol–water partition coefficient (Wildman–Crippen LogP) is -6.88. The van der Waals surface area contributed by atoms with Crippen molar-refractivity contribution in [1.29, 1.82) is 0 Å². The lowest BCUT2D eigenvalue weighted by Crippen LogP contribution is -2.67. The van der Waals surface area contributed by atoms with Gasteiger partial charge in [0, 0.05) is 19.1 Å². The second-order valence-electron chi connectivity index (χ2n) is 12.1. The van der Waals surface area contributed by atoms with Crippen LogP contribution in [0.2, 0.25) is 0 Å². The molecule has 0 bridgehead atoms. The van der Waals surface area contributed by atoms with Crippen LogP contribution in [0.25, 0.3) is 0 Å². The van der Waals surface area contributed by atoms with E-state index in [0.29, 0.717) is 19.4 Å². The first-order valence-electron chi connectivity index (χ1n) is 14.9. The Labute approximate surface area is 256 Å². The Bertz CT molecular complexity index is 908. The summed E-state index contributed by atoms with van der Waals surface area (Å²) in [5, 5.41) is 86.9. The average Bonchev–Trinajstić information content (AvgIpc) is 2.98. The molecule has 3 fully saturated rings. The van der Waals surface area contributed by atoms with E-state index in [-0.39, 0.29) is 32.3 Å². The Morgan fingerprint density at radius 1 is 1.02 bits per heavy atom. The monoisotopic (exact) mass is 640 g/mol. The molecule has 0 radical (unpaired) electrons. The number of nitrogens with one attached hydrogen (secondary N) is 2. The normalized spacial score (nSPS) is 42.5. The van der Waals surface area contributed by atoms with Crippen molar-refractivity contribution in [3.63, 3.8) is 0 Å². The zero-order chi connectivity index (χ0) is 32.8. The van der Waals surface area contributed by atoms with Gasteiger partial charge < -0.3 is 87.6 Å². The lowest BCUT2D eigenvalue weighted by atomic mass is 9.83. The summed E-state index contributed by atoms with van der Waals surface area (Å²) < 4.78 is 23.9. The van der Waals surface area contributed by atoms with Gasteiger partial charge in [-0.15, -0.1) is 0 Å². The van der Waals surface area contributed by atoms with E-state index in [1.807, 2.05) is 0 Å². The standard InChI is InChI=1S/C26H52N6O12/c1-26(40)10-41-25(19(39)22(26)30-2)44-21-15(32-23(29)17(37)16(36)9-34)5-14(28)20(18(21)38)43-24-13(27)4-3-12(42-24)7-31-6-11(35)8-33/h11-22,24-25,30-31,33-40H,3-10,27-28H2,1-2H3,(H2,29,32)/t11?,12-,13?,14-,15+,16?,17?,18?,19?,20?,21?,22+,24+,25+,26?/m0/s1. The second kappa shape index (κ2) is 16.6. The van der Waals surface area contributed by atoms with Gasteiger partial charge in [0.2, 0.25) is 0 Å². The number of hydrogen-bond donors (Lipinski definition) is 13. The smallest absolute Gasteiger partial charge is 0.185 e. The fraction of sp³-hybridized carbons (Fsp3) is 0.962. The van der Waals surface area contributed by atoms with E-state index in [2.05, 4.69) is 15.6 Å². The fourth-order valence-corrected chi connectivity index (χ4v) is 5.77. The highest BCUT2D eigenvalue weighted by Gasteiger charge is 2.51. The number of likely N-dealkylation sites (N-methyl/N-ethyl adjacent to an activating group) is 1. The number of amidine groups is 1. The fourth-order valence-electron chi connectivity index (χ4n) is 5.77. The van der Waals surface area contributed by atoms with Gasteiger partial charge in [-0.3, -0.25) is 4.99 Å². The van der Waals surface area contributed by atoms with Crippen LogP contribution in [-0.2, 0) is 18.9 Å². The summed E-state index contributed by atoms with van der Waals surface area (Å²) in [7, 11) is 1.55. The van der Waals surface area contributed by atoms with Gasteiger partial charge in [0.1, 0.15) is 48.1 Å². The summed E-state index contributed by atoms with van der Waals surface area (Å²) in [5.41, 5.74) is 17.2. The van der Waals surface area contributed by atoms with E-state index in [1.54, 1.807) is 7.05 Å². The molecule has 2 aliphatic heterocycles. The van der Waals surface area contributed by atoms with Crippen molar-refractivity contribution in [2.75, 3.05) is 40.0 Å². The van der Waals surface area contributed by atoms with Crippen LogP contribution < -0.4 is 27.8 Å². The van der Waals surface area contributed by atoms with Crippen LogP contribution in [0, 0.1) is 0 Å². The van der Waals surface area contributed by atoms with E-state index < -0.39 is 97.5 Å². The van der Waals surface area contributed by atoms with Gasteiger partial charge in [-0.1, -0.05) is 0 Å². The number of ether oxygens (including phenoxy) is 4. The SMILES string of the molecule is CN[C@@H]1C(O)[C@@H](OC2C(O)C(O[C@H]3O[C@H](CNCC(O)CO)CCC3N)[C@@H](N)C[C@H]2N=C(N)C(O)C(O)CO)OCC1(C)O. The number of nitrogens with zero attached hydrogens (tertiary/aromatic N) is 1. The Morgan fingerprint density at radius 2 is 1.70 bits per heavy atom. The van der Waals surface area contributed by atoms with Crippen LogP contribution in [0.5, 0.6) is 0 Å². The van der Waals surface area contributed by atoms with Gasteiger partial charge >= 0.3 is 0 Å². The highest BCUT2D eigenvalue weighted by molar-refractivity contribution is 5.85. The minimum absolute atomic E-state index is 0.00297. The van der Waals surface area contributed by atoms with Gasteiger partial charge in [0.05, 0.1) is 50.2 Å². The predicted molar refractivity (Wildman–Crippen MR) is 154 cm³/mol. The molecule has 9 unspecified atom stereocenters. The molecule has 0 aromatic heterocycles. The maximum atomic E-state index is 11.6. The zero-order valence-electron chi connectivity index (χ0n) is 25.1. The molecule has 1 saturated carbocycles. The van der Waals surface area contributed by atoms with Crippen molar-refractivity contribution in [3.05, 3.63) is 0 Å². The Morgan fingerprint density at radius 3 is 2.34 bits per heavy atom. The molecular formula is C26H52N6O12. The van der Waals surface area contributed by atoms with Crippen LogP contribution in [0.15, 0.2) is 4.99 Å². The molecule has 18 heteroatoms. The molecule has 18 nitrogen and oxygen atoms in total. The highest BCUT2D eigenvalue weighted by Crippen LogP contribution is 2.33. The van der Waals surface area contributed by atoms with Gasteiger partial charge in [0.25, 0.3) is 0 Å². The second-order valence-corrected chi connectivity index (χ2v) is 12.1. The Kier molecular flexibility index (Phi) is 14.1. The van der Waals surface area contributed by atoms with Crippen molar-refractivity contribution in [3.8, 4) is 0 Å². The molecule has 16 N–H and O–H groups in total. The van der Waals surface area contributed by atoms with Crippen LogP contribution in [-0.4, -0.2) is 178 Å². The number of aliphatic imine (C=N–C) groups is 1. The summed E-state index contributed by atoms with van der Waals surface area (Å²) in [6.45, 7) is 0.611. The van der Waals surface area contributed by atoms with E-state index in [9.17, 15) is 35.7 Å². The molecule has 0 spiro atoms. The number of aliphatic hydroxyl groups is 8. The molecular weight excluding hydrogens is 588 g/mol. The summed E-state index contributed by atoms with van der Waals surface area (Å²) in [4.78, 5) is 4.26. The van der Waals surface area contributed by atoms with Gasteiger partial charge in [-0.2, -0.15) is 0 Å². The Hall–Kier alpha value is -1.17. The lowest BCUT2D eigenvalue weighted by molar-refractivity contribution is -0.306. The van der Waals surface area contributed by atoms with Crippen molar-refractivity contribution in [2.45, 2.75) is 117 Å². The molecule has 1 aliphatic carbocycles. The molecule has 3 aliphatic rings. The summed E-state index contributed by atoms with van der Waals surface area (Å²) in [5.74, 6) is -0.440. The van der Waals surface area contributed by atoms with Crippen LogP contribution >= 0.6 is 0 Å². The minimum atomic E-state index is -1.72. The number of aliphatic hydroxyl groups excluding tert-OH is 7. The van der Waals surface area contributed by atoms with Crippen molar-refractivity contribution < 1.29 is 59.8 Å². The molecule has 2 saturated heterocycles. The quantitative estimate of drug-likeness (QED) is 0.0619. The third kappa shape index (κ3) is 9.22. The zero-order valence-corrected chi connectivity index (χ0v) is 25.1. The number of rotatable bonds is 14. The van der Waals surface area contributed by atoms with E-state index in [1.165, 1.54) is 6.92 Å². The topological polar surface area (TPSA) is 313 Å². The van der Waals surface area contributed by atoms with Crippen LogP contribution in [0.3, 0.4) is 0 Å². The van der Waals surface area contributed by atoms with Crippen molar-refractivity contribution >= 4 is 5.84 Å². The van der Waals surface area contributed by atoms with E-state index in [0.717, 1.165) is 0 Å². The third-order valence-electron chi connectivity index (χ3n) is 8.34. The molecule has 258 valence electrons. The van der Waals surface area contributed by atoms with Crippen molar-refractivity contribution in [1.82, 2.24) is 10.6 Å². The summed E-state index contributed by atoms with van der Waals surface area (Å²) >= 11 is 0. The average molecular weight is 641 g/mol. The largest absolute Gasteiger partial charge is 0.394 e. The van der Waals surface area contributed by atoms with E-state index in [4.69, 9.17) is 41.3 Å². The van der Waals surface area contributed by atoms with Crippen LogP contribution in [0.1, 0.15) is 26.2 Å². The first-order chi connectivity index (χ1) is 20.7. The van der Waals surface area contributed by atoms with Gasteiger partial charge in [0.15, 0.2) is 12.6 Å². The summed E-state index contributed by atoms with van der Waals surface area (Å²) in [6.07, 6.45) is -11.1. The van der Waals surface area contributed by atoms with Gasteiger partial charge in [-0.05, 0) is 33.2 Å². The lowest BCUT2D eigenvalue weighted by Gasteiger charge is -2.48. The summed E-state index contributed by atoms with van der Waals surface area (Å²) in [6, 6.07) is -3.31. The minimum Gasteiger partial charge on any atom is -0.394 e. The highest BCUT2D eigenvalue weighted by atomic mass is 16.7. The molecule has 0 aromatic rings. The third-order valence-corrected chi connectivity index (χ3v) is 8.34. The first kappa shape index (κ1) is 37.3. The molecule has 0 amide bonds. The molecule has 15 atom stereocenters. The molecule has 44 heavy (non-hydrogen) atoms. The molecule has 3 rings (SSSR count). The maximum absolute atomic E-state index is 11.6. The van der Waals surface area contributed by atoms with Gasteiger partial charge in [-0.25, -0.2) is 0 Å². The molecule has 0 aromatic carbocycles. The number of hydrogen-bond acceptors (Lipinski definition) is 17. The van der Waals surface area contributed by atoms with Crippen LogP contribution in [0.4, 0.5) is 0 Å². The number of nitrogens with two attached hydrogens (primary N) is 3. The molecule has 2 heterocycles.